The Labute approximate surface area is 108 Å². The zero-order valence-corrected chi connectivity index (χ0v) is 11.0. The Bertz CT molecular complexity index is 437. The lowest BCUT2D eigenvalue weighted by Crippen LogP contribution is -2.35. The van der Waals surface area contributed by atoms with Crippen LogP contribution in [0.1, 0.15) is 28.8 Å². The number of hydrogen-bond donors (Lipinski definition) is 1. The molecule has 0 unspecified atom stereocenters. The van der Waals surface area contributed by atoms with E-state index in [0.29, 0.717) is 11.3 Å². The van der Waals surface area contributed by atoms with E-state index in [1.165, 1.54) is 0 Å². The first-order valence-corrected chi connectivity index (χ1v) is 6.32. The van der Waals surface area contributed by atoms with Crippen molar-refractivity contribution < 1.29 is 9.53 Å². The SMILES string of the molecule is Cc1ccc(C(=O)OC2CCN(C)CC2)cc1N. The average molecular weight is 248 g/mol. The van der Waals surface area contributed by atoms with Gasteiger partial charge in [0.1, 0.15) is 6.10 Å². The summed E-state index contributed by atoms with van der Waals surface area (Å²) >= 11 is 0. The number of benzene rings is 1. The molecule has 1 aliphatic rings. The summed E-state index contributed by atoms with van der Waals surface area (Å²) in [7, 11) is 2.08. The number of nitrogens with zero attached hydrogens (tertiary/aromatic N) is 1. The van der Waals surface area contributed by atoms with E-state index in [9.17, 15) is 4.79 Å². The van der Waals surface area contributed by atoms with Crippen molar-refractivity contribution in [3.8, 4) is 0 Å². The number of ether oxygens (including phenoxy) is 1. The van der Waals surface area contributed by atoms with Gasteiger partial charge in [0.25, 0.3) is 0 Å². The first-order chi connectivity index (χ1) is 8.56. The second-order valence-corrected chi connectivity index (χ2v) is 4.98. The van der Waals surface area contributed by atoms with Crippen LogP contribution in [-0.4, -0.2) is 37.1 Å². The van der Waals surface area contributed by atoms with E-state index in [2.05, 4.69) is 11.9 Å². The first-order valence-electron chi connectivity index (χ1n) is 6.32. The molecule has 1 heterocycles. The number of nitrogen functional groups attached to an aromatic ring is 1. The summed E-state index contributed by atoms with van der Waals surface area (Å²) in [5.41, 5.74) is 7.94. The second-order valence-electron chi connectivity index (χ2n) is 4.98. The molecule has 1 aromatic carbocycles. The van der Waals surface area contributed by atoms with Crippen LogP contribution in [-0.2, 0) is 4.74 Å². The van der Waals surface area contributed by atoms with Gasteiger partial charge in [-0.2, -0.15) is 0 Å². The van der Waals surface area contributed by atoms with E-state index >= 15 is 0 Å². The lowest BCUT2D eigenvalue weighted by atomic mass is 10.1. The number of carbonyl (C=O) groups is 1. The fraction of sp³-hybridized carbons (Fsp3) is 0.500. The third-order valence-electron chi connectivity index (χ3n) is 3.45. The van der Waals surface area contributed by atoms with Gasteiger partial charge in [-0.3, -0.25) is 0 Å². The number of hydrogen-bond acceptors (Lipinski definition) is 4. The minimum atomic E-state index is -0.267. The van der Waals surface area contributed by atoms with E-state index in [1.54, 1.807) is 12.1 Å². The average Bonchev–Trinajstić information content (AvgIpc) is 2.35. The quantitative estimate of drug-likeness (QED) is 0.641. The monoisotopic (exact) mass is 248 g/mol. The number of anilines is 1. The maximum atomic E-state index is 12.0. The molecule has 0 bridgehead atoms. The van der Waals surface area contributed by atoms with Crippen molar-refractivity contribution in [1.82, 2.24) is 4.90 Å². The molecule has 2 N–H and O–H groups in total. The number of esters is 1. The van der Waals surface area contributed by atoms with Crippen molar-refractivity contribution in [2.24, 2.45) is 0 Å². The van der Waals surface area contributed by atoms with E-state index in [1.807, 2.05) is 13.0 Å². The largest absolute Gasteiger partial charge is 0.459 e. The Morgan fingerprint density at radius 1 is 1.39 bits per heavy atom. The smallest absolute Gasteiger partial charge is 0.338 e. The standard InChI is InChI=1S/C14H20N2O2/c1-10-3-4-11(9-13(10)15)14(17)18-12-5-7-16(2)8-6-12/h3-4,9,12H,5-8,15H2,1-2H3. The number of likely N-dealkylation sites (tertiary alicyclic amines) is 1. The van der Waals surface area contributed by atoms with E-state index in [4.69, 9.17) is 10.5 Å². The molecule has 2 rings (SSSR count). The molecule has 4 nitrogen and oxygen atoms in total. The van der Waals surface area contributed by atoms with Gasteiger partial charge in [-0.25, -0.2) is 4.79 Å². The summed E-state index contributed by atoms with van der Waals surface area (Å²) in [6.07, 6.45) is 1.85. The van der Waals surface area contributed by atoms with E-state index < -0.39 is 0 Å². The molecular formula is C14H20N2O2. The zero-order chi connectivity index (χ0) is 13.1. The van der Waals surface area contributed by atoms with Crippen LogP contribution in [0.4, 0.5) is 5.69 Å². The number of rotatable bonds is 2. The Morgan fingerprint density at radius 2 is 2.06 bits per heavy atom. The summed E-state index contributed by atoms with van der Waals surface area (Å²) in [6, 6.07) is 5.30. The Hall–Kier alpha value is -1.55. The minimum absolute atomic E-state index is 0.0382. The summed E-state index contributed by atoms with van der Waals surface area (Å²) in [6.45, 7) is 3.88. The highest BCUT2D eigenvalue weighted by Crippen LogP contribution is 2.17. The van der Waals surface area contributed by atoms with Crippen LogP contribution in [0.15, 0.2) is 18.2 Å². The highest BCUT2D eigenvalue weighted by Gasteiger charge is 2.21. The third-order valence-corrected chi connectivity index (χ3v) is 3.45. The molecule has 0 amide bonds. The Kier molecular flexibility index (Phi) is 3.87. The van der Waals surface area contributed by atoms with Crippen LogP contribution >= 0.6 is 0 Å². The van der Waals surface area contributed by atoms with Gasteiger partial charge in [0, 0.05) is 18.8 Å². The molecule has 1 saturated heterocycles. The van der Waals surface area contributed by atoms with Crippen molar-refractivity contribution in [2.75, 3.05) is 25.9 Å². The minimum Gasteiger partial charge on any atom is -0.459 e. The van der Waals surface area contributed by atoms with Crippen molar-refractivity contribution in [3.05, 3.63) is 29.3 Å². The maximum absolute atomic E-state index is 12.0. The Balaban J connectivity index is 1.97. The van der Waals surface area contributed by atoms with Gasteiger partial charge in [0.05, 0.1) is 5.56 Å². The van der Waals surface area contributed by atoms with Gasteiger partial charge in [-0.05, 0) is 44.5 Å². The molecule has 1 aromatic rings. The molecule has 0 aliphatic carbocycles. The summed E-state index contributed by atoms with van der Waals surface area (Å²) < 4.78 is 5.50. The molecule has 18 heavy (non-hydrogen) atoms. The second kappa shape index (κ2) is 5.40. The highest BCUT2D eigenvalue weighted by molar-refractivity contribution is 5.90. The van der Waals surface area contributed by atoms with Gasteiger partial charge >= 0.3 is 5.97 Å². The van der Waals surface area contributed by atoms with Gasteiger partial charge in [-0.15, -0.1) is 0 Å². The van der Waals surface area contributed by atoms with Crippen LogP contribution < -0.4 is 5.73 Å². The van der Waals surface area contributed by atoms with Crippen LogP contribution in [0.2, 0.25) is 0 Å². The normalized spacial score (nSPS) is 17.7. The number of carbonyl (C=O) groups excluding carboxylic acids is 1. The molecule has 1 aliphatic heterocycles. The van der Waals surface area contributed by atoms with Crippen molar-refractivity contribution >= 4 is 11.7 Å². The molecule has 0 radical (unpaired) electrons. The fourth-order valence-electron chi connectivity index (χ4n) is 2.09. The van der Waals surface area contributed by atoms with E-state index in [0.717, 1.165) is 31.5 Å². The lowest BCUT2D eigenvalue weighted by molar-refractivity contribution is 0.0139. The Morgan fingerprint density at radius 3 is 2.67 bits per heavy atom. The summed E-state index contributed by atoms with van der Waals surface area (Å²) in [5.74, 6) is -0.267. The van der Waals surface area contributed by atoms with Gasteiger partial charge in [0.2, 0.25) is 0 Å². The van der Waals surface area contributed by atoms with Crippen LogP contribution in [0.5, 0.6) is 0 Å². The topological polar surface area (TPSA) is 55.6 Å². The molecule has 1 fully saturated rings. The van der Waals surface area contributed by atoms with Crippen molar-refractivity contribution in [1.29, 1.82) is 0 Å². The number of aryl methyl sites for hydroxylation is 1. The van der Waals surface area contributed by atoms with Crippen molar-refractivity contribution in [2.45, 2.75) is 25.9 Å². The molecule has 4 heteroatoms. The van der Waals surface area contributed by atoms with Crippen molar-refractivity contribution in [3.63, 3.8) is 0 Å². The van der Waals surface area contributed by atoms with Crippen LogP contribution in [0.3, 0.4) is 0 Å². The number of nitrogens with two attached hydrogens (primary N) is 1. The predicted octanol–water partition coefficient (Wildman–Crippen LogP) is 1.83. The molecule has 0 spiro atoms. The van der Waals surface area contributed by atoms with Crippen LogP contribution in [0.25, 0.3) is 0 Å². The molecule has 0 aromatic heterocycles. The fourth-order valence-corrected chi connectivity index (χ4v) is 2.09. The summed E-state index contributed by atoms with van der Waals surface area (Å²) in [4.78, 5) is 14.2. The molecule has 0 saturated carbocycles. The number of piperidine rings is 1. The van der Waals surface area contributed by atoms with E-state index in [-0.39, 0.29) is 12.1 Å². The molecule has 0 atom stereocenters. The van der Waals surface area contributed by atoms with Gasteiger partial charge < -0.3 is 15.4 Å². The lowest BCUT2D eigenvalue weighted by Gasteiger charge is -2.28. The van der Waals surface area contributed by atoms with Gasteiger partial charge in [0.15, 0.2) is 0 Å². The predicted molar refractivity (Wildman–Crippen MR) is 71.5 cm³/mol. The highest BCUT2D eigenvalue weighted by atomic mass is 16.5. The molecule has 98 valence electrons. The molecular weight excluding hydrogens is 228 g/mol. The third kappa shape index (κ3) is 3.01. The van der Waals surface area contributed by atoms with Crippen LogP contribution in [0, 0.1) is 6.92 Å². The zero-order valence-electron chi connectivity index (χ0n) is 11.0. The maximum Gasteiger partial charge on any atom is 0.338 e. The summed E-state index contributed by atoms with van der Waals surface area (Å²) in [5, 5.41) is 0. The first kappa shape index (κ1) is 12.9. The van der Waals surface area contributed by atoms with Gasteiger partial charge in [-0.1, -0.05) is 6.07 Å².